The minimum atomic E-state index is 0.107. The van der Waals surface area contributed by atoms with Crippen molar-refractivity contribution in [2.24, 2.45) is 5.73 Å². The Kier molecular flexibility index (Phi) is 5.72. The van der Waals surface area contributed by atoms with Crippen LogP contribution in [0, 0.1) is 0 Å². The van der Waals surface area contributed by atoms with E-state index in [1.165, 1.54) is 33.5 Å². The molecule has 1 nitrogen and oxygen atoms in total. The van der Waals surface area contributed by atoms with Crippen molar-refractivity contribution in [1.82, 2.24) is 0 Å². The molecule has 0 fully saturated rings. The van der Waals surface area contributed by atoms with Crippen LogP contribution < -0.4 is 5.73 Å². The number of halogens is 1. The molecule has 0 saturated heterocycles. The Labute approximate surface area is 105 Å². The summed E-state index contributed by atoms with van der Waals surface area (Å²) in [5.41, 5.74) is 7.01. The molecule has 0 heterocycles. The Balaban J connectivity index is 2.66. The maximum absolute atomic E-state index is 5.83. The molecule has 0 unspecified atom stereocenters. The van der Waals surface area contributed by atoms with Crippen molar-refractivity contribution in [1.29, 1.82) is 0 Å². The molecule has 0 amide bonds. The van der Waals surface area contributed by atoms with Crippen LogP contribution in [0.4, 0.5) is 0 Å². The van der Waals surface area contributed by atoms with Crippen LogP contribution >= 0.6 is 27.7 Å². The van der Waals surface area contributed by atoms with E-state index < -0.39 is 0 Å². The summed E-state index contributed by atoms with van der Waals surface area (Å²) in [4.78, 5) is 1.31. The highest BCUT2D eigenvalue weighted by atomic mass is 79.9. The minimum Gasteiger partial charge on any atom is -0.324 e. The lowest BCUT2D eigenvalue weighted by Crippen LogP contribution is -2.04. The van der Waals surface area contributed by atoms with Gasteiger partial charge in [0.1, 0.15) is 0 Å². The zero-order chi connectivity index (χ0) is 11.3. The molecule has 0 aliphatic heterocycles. The van der Waals surface area contributed by atoms with E-state index in [-0.39, 0.29) is 6.04 Å². The average molecular weight is 288 g/mol. The highest BCUT2D eigenvalue weighted by molar-refractivity contribution is 9.10. The van der Waals surface area contributed by atoms with Gasteiger partial charge in [0.25, 0.3) is 0 Å². The first-order valence-electron chi connectivity index (χ1n) is 5.33. The molecule has 0 bridgehead atoms. The van der Waals surface area contributed by atoms with E-state index in [4.69, 9.17) is 5.73 Å². The monoisotopic (exact) mass is 287 g/mol. The van der Waals surface area contributed by atoms with Gasteiger partial charge in [0.2, 0.25) is 0 Å². The van der Waals surface area contributed by atoms with Crippen molar-refractivity contribution in [2.45, 2.75) is 37.6 Å². The largest absolute Gasteiger partial charge is 0.324 e. The molecule has 1 aromatic rings. The second kappa shape index (κ2) is 6.56. The van der Waals surface area contributed by atoms with Crippen LogP contribution in [0.1, 0.15) is 38.3 Å². The highest BCUT2D eigenvalue weighted by Gasteiger charge is 2.04. The Hall–Kier alpha value is 0.01000. The summed E-state index contributed by atoms with van der Waals surface area (Å²) in [5, 5.41) is 0. The summed E-state index contributed by atoms with van der Waals surface area (Å²) in [5.74, 6) is 1.19. The smallest absolute Gasteiger partial charge is 0.0314 e. The third kappa shape index (κ3) is 4.17. The van der Waals surface area contributed by atoms with Crippen LogP contribution in [-0.4, -0.2) is 5.75 Å². The number of thioether (sulfide) groups is 1. The second-order valence-electron chi connectivity index (χ2n) is 3.68. The van der Waals surface area contributed by atoms with Crippen molar-refractivity contribution < 1.29 is 0 Å². The van der Waals surface area contributed by atoms with Crippen LogP contribution in [0.25, 0.3) is 0 Å². The van der Waals surface area contributed by atoms with Crippen LogP contribution in [0.2, 0.25) is 0 Å². The van der Waals surface area contributed by atoms with Crippen molar-refractivity contribution in [3.63, 3.8) is 0 Å². The second-order valence-corrected chi connectivity index (χ2v) is 5.67. The molecule has 0 aromatic heterocycles. The summed E-state index contributed by atoms with van der Waals surface area (Å²) in [6, 6.07) is 6.50. The van der Waals surface area contributed by atoms with Gasteiger partial charge in [0, 0.05) is 15.4 Å². The van der Waals surface area contributed by atoms with Gasteiger partial charge < -0.3 is 5.73 Å². The fourth-order valence-electron chi connectivity index (χ4n) is 1.24. The zero-order valence-corrected chi connectivity index (χ0v) is 11.7. The number of hydrogen-bond acceptors (Lipinski definition) is 2. The first-order valence-corrected chi connectivity index (χ1v) is 7.10. The van der Waals surface area contributed by atoms with E-state index in [0.29, 0.717) is 0 Å². The third-order valence-electron chi connectivity index (χ3n) is 2.24. The summed E-state index contributed by atoms with van der Waals surface area (Å²) in [7, 11) is 0. The van der Waals surface area contributed by atoms with E-state index in [2.05, 4.69) is 41.1 Å². The summed E-state index contributed by atoms with van der Waals surface area (Å²) < 4.78 is 1.17. The summed E-state index contributed by atoms with van der Waals surface area (Å²) in [6.07, 6.45) is 2.52. The lowest BCUT2D eigenvalue weighted by Gasteiger charge is -2.09. The van der Waals surface area contributed by atoms with Gasteiger partial charge in [-0.25, -0.2) is 0 Å². The first kappa shape index (κ1) is 13.1. The van der Waals surface area contributed by atoms with Crippen LogP contribution in [-0.2, 0) is 0 Å². The number of unbranched alkanes of at least 4 members (excludes halogenated alkanes) is 1. The maximum atomic E-state index is 5.83. The zero-order valence-electron chi connectivity index (χ0n) is 9.29. The van der Waals surface area contributed by atoms with Gasteiger partial charge >= 0.3 is 0 Å². The summed E-state index contributed by atoms with van der Waals surface area (Å²) >= 11 is 5.50. The predicted octanol–water partition coefficient (Wildman–Crippen LogP) is 4.36. The Bertz CT molecular complexity index is 312. The average Bonchev–Trinajstić information content (AvgIpc) is 2.20. The molecule has 2 N–H and O–H groups in total. The van der Waals surface area contributed by atoms with Gasteiger partial charge in [0.05, 0.1) is 0 Å². The maximum Gasteiger partial charge on any atom is 0.0314 e. The molecule has 0 spiro atoms. The molecule has 0 radical (unpaired) electrons. The van der Waals surface area contributed by atoms with Gasteiger partial charge in [-0.05, 0) is 52.7 Å². The molecule has 3 heteroatoms. The number of benzene rings is 1. The molecule has 1 atom stereocenters. The molecular formula is C12H18BrNS. The minimum absolute atomic E-state index is 0.107. The Morgan fingerprint density at radius 1 is 1.47 bits per heavy atom. The topological polar surface area (TPSA) is 26.0 Å². The highest BCUT2D eigenvalue weighted by Crippen LogP contribution is 2.30. The van der Waals surface area contributed by atoms with Gasteiger partial charge in [-0.3, -0.25) is 0 Å². The first-order chi connectivity index (χ1) is 7.15. The van der Waals surface area contributed by atoms with E-state index in [9.17, 15) is 0 Å². The Morgan fingerprint density at radius 3 is 2.73 bits per heavy atom. The van der Waals surface area contributed by atoms with Gasteiger partial charge in [-0.1, -0.05) is 19.4 Å². The molecule has 0 saturated carbocycles. The van der Waals surface area contributed by atoms with Crippen molar-refractivity contribution in [3.05, 3.63) is 28.2 Å². The summed E-state index contributed by atoms with van der Waals surface area (Å²) in [6.45, 7) is 4.22. The fourth-order valence-corrected chi connectivity index (χ4v) is 3.00. The molecule has 0 aliphatic rings. The molecule has 15 heavy (non-hydrogen) atoms. The standard InChI is InChI=1S/C12H18BrNS/c1-3-4-7-15-12-6-5-10(9(2)14)8-11(12)13/h5-6,8-9H,3-4,7,14H2,1-2H3/t9-/m0/s1. The van der Waals surface area contributed by atoms with Crippen molar-refractivity contribution in [3.8, 4) is 0 Å². The predicted molar refractivity (Wildman–Crippen MR) is 72.4 cm³/mol. The van der Waals surface area contributed by atoms with E-state index in [1.54, 1.807) is 0 Å². The third-order valence-corrected chi connectivity index (χ3v) is 4.32. The quantitative estimate of drug-likeness (QED) is 0.643. The van der Waals surface area contributed by atoms with E-state index >= 15 is 0 Å². The molecule has 0 aliphatic carbocycles. The van der Waals surface area contributed by atoms with E-state index in [0.717, 1.165) is 0 Å². The normalized spacial score (nSPS) is 12.8. The fraction of sp³-hybridized carbons (Fsp3) is 0.500. The van der Waals surface area contributed by atoms with Crippen LogP contribution in [0.3, 0.4) is 0 Å². The van der Waals surface area contributed by atoms with E-state index in [1.807, 2.05) is 18.7 Å². The number of hydrogen-bond donors (Lipinski definition) is 1. The van der Waals surface area contributed by atoms with Crippen LogP contribution in [0.15, 0.2) is 27.6 Å². The molecular weight excluding hydrogens is 270 g/mol. The van der Waals surface area contributed by atoms with Crippen molar-refractivity contribution >= 4 is 27.7 Å². The van der Waals surface area contributed by atoms with Crippen molar-refractivity contribution in [2.75, 3.05) is 5.75 Å². The van der Waals surface area contributed by atoms with Crippen LogP contribution in [0.5, 0.6) is 0 Å². The van der Waals surface area contributed by atoms with Gasteiger partial charge in [-0.15, -0.1) is 11.8 Å². The van der Waals surface area contributed by atoms with Gasteiger partial charge in [0.15, 0.2) is 0 Å². The SMILES string of the molecule is CCCCSc1ccc([C@H](C)N)cc1Br. The molecule has 1 aromatic carbocycles. The lowest BCUT2D eigenvalue weighted by atomic mass is 10.1. The number of rotatable bonds is 5. The molecule has 84 valence electrons. The number of nitrogens with two attached hydrogens (primary N) is 1. The molecule has 1 rings (SSSR count). The van der Waals surface area contributed by atoms with Gasteiger partial charge in [-0.2, -0.15) is 0 Å². The lowest BCUT2D eigenvalue weighted by molar-refractivity contribution is 0.815. The Morgan fingerprint density at radius 2 is 2.20 bits per heavy atom.